The largest absolute Gasteiger partial charge is 0.322 e. The Morgan fingerprint density at radius 1 is 0.862 bits per heavy atom. The van der Waals surface area contributed by atoms with Crippen molar-refractivity contribution in [2.24, 2.45) is 0 Å². The summed E-state index contributed by atoms with van der Waals surface area (Å²) >= 11 is 3.33. The molecule has 1 aliphatic rings. The minimum atomic E-state index is -0.404. The molecule has 0 spiro atoms. The first-order chi connectivity index (χ1) is 13.8. The van der Waals surface area contributed by atoms with Crippen LogP contribution in [0.15, 0.2) is 65.1 Å². The average Bonchev–Trinajstić information content (AvgIpc) is 2.91. The van der Waals surface area contributed by atoms with Gasteiger partial charge in [-0.15, -0.1) is 0 Å². The van der Waals surface area contributed by atoms with Gasteiger partial charge < -0.3 is 5.32 Å². The average molecular weight is 449 g/mol. The molecule has 3 aromatic carbocycles. The Morgan fingerprint density at radius 3 is 2.28 bits per heavy atom. The minimum absolute atomic E-state index is 0.309. The number of amides is 3. The van der Waals surface area contributed by atoms with Crippen LogP contribution in [0.4, 0.5) is 11.4 Å². The Hall–Kier alpha value is -3.25. The predicted octanol–water partition coefficient (Wildman–Crippen LogP) is 5.12. The number of benzene rings is 3. The zero-order chi connectivity index (χ0) is 20.7. The van der Waals surface area contributed by atoms with Gasteiger partial charge in [0.25, 0.3) is 17.7 Å². The van der Waals surface area contributed by atoms with Gasteiger partial charge >= 0.3 is 0 Å². The van der Waals surface area contributed by atoms with Gasteiger partial charge in [0.2, 0.25) is 0 Å². The summed E-state index contributed by atoms with van der Waals surface area (Å²) in [6.45, 7) is 3.92. The molecule has 1 N–H and O–H groups in total. The Morgan fingerprint density at radius 2 is 1.55 bits per heavy atom. The van der Waals surface area contributed by atoms with Crippen molar-refractivity contribution in [3.63, 3.8) is 0 Å². The Kier molecular flexibility index (Phi) is 4.80. The van der Waals surface area contributed by atoms with Crippen LogP contribution in [0.25, 0.3) is 0 Å². The number of halogens is 1. The number of anilines is 2. The van der Waals surface area contributed by atoms with Gasteiger partial charge in [0.1, 0.15) is 0 Å². The summed E-state index contributed by atoms with van der Waals surface area (Å²) in [5, 5.41) is 2.87. The first-order valence-corrected chi connectivity index (χ1v) is 9.81. The van der Waals surface area contributed by atoms with Crippen LogP contribution in [0, 0.1) is 13.8 Å². The second-order valence-electron chi connectivity index (χ2n) is 7.02. The quantitative estimate of drug-likeness (QED) is 0.565. The van der Waals surface area contributed by atoms with Gasteiger partial charge in [0, 0.05) is 15.7 Å². The van der Waals surface area contributed by atoms with E-state index in [1.54, 1.807) is 42.5 Å². The first-order valence-electron chi connectivity index (χ1n) is 9.01. The van der Waals surface area contributed by atoms with Crippen molar-refractivity contribution in [2.75, 3.05) is 10.2 Å². The maximum absolute atomic E-state index is 12.8. The van der Waals surface area contributed by atoms with Gasteiger partial charge in [-0.05, 0) is 73.5 Å². The molecule has 0 saturated heterocycles. The molecule has 0 saturated carbocycles. The van der Waals surface area contributed by atoms with E-state index in [0.717, 1.165) is 20.5 Å². The number of hydrogen-bond acceptors (Lipinski definition) is 3. The Balaban J connectivity index is 1.63. The fraction of sp³-hybridized carbons (Fsp3) is 0.0870. The van der Waals surface area contributed by atoms with Crippen molar-refractivity contribution in [1.29, 1.82) is 0 Å². The van der Waals surface area contributed by atoms with Crippen LogP contribution in [0.3, 0.4) is 0 Å². The van der Waals surface area contributed by atoms with E-state index in [-0.39, 0.29) is 5.91 Å². The molecule has 0 aromatic heterocycles. The number of fused-ring (bicyclic) bond motifs is 1. The summed E-state index contributed by atoms with van der Waals surface area (Å²) in [5.74, 6) is -1.11. The number of carbonyl (C=O) groups is 3. The zero-order valence-electron chi connectivity index (χ0n) is 15.8. The van der Waals surface area contributed by atoms with E-state index < -0.39 is 11.8 Å². The molecule has 0 fully saturated rings. The van der Waals surface area contributed by atoms with E-state index in [2.05, 4.69) is 21.2 Å². The van der Waals surface area contributed by atoms with Crippen molar-refractivity contribution < 1.29 is 14.4 Å². The number of hydrogen-bond donors (Lipinski definition) is 1. The van der Waals surface area contributed by atoms with Crippen LogP contribution in [-0.4, -0.2) is 17.7 Å². The van der Waals surface area contributed by atoms with E-state index in [1.807, 2.05) is 32.0 Å². The third-order valence-corrected chi connectivity index (χ3v) is 5.19. The SMILES string of the molecule is Cc1cc(C)cc(NC(=O)c2cccc(N3C(=O)c4ccc(Br)cc4C3=O)c2)c1. The van der Waals surface area contributed by atoms with E-state index in [0.29, 0.717) is 28.1 Å². The normalized spacial score (nSPS) is 12.9. The molecule has 3 amide bonds. The maximum Gasteiger partial charge on any atom is 0.266 e. The topological polar surface area (TPSA) is 66.5 Å². The summed E-state index contributed by atoms with van der Waals surface area (Å²) < 4.78 is 0.723. The van der Waals surface area contributed by atoms with E-state index in [4.69, 9.17) is 0 Å². The van der Waals surface area contributed by atoms with Crippen LogP contribution >= 0.6 is 15.9 Å². The molecule has 0 aliphatic carbocycles. The molecular formula is C23H17BrN2O3. The van der Waals surface area contributed by atoms with E-state index in [1.165, 1.54) is 0 Å². The Bertz CT molecular complexity index is 1170. The first kappa shape index (κ1) is 19.1. The van der Waals surface area contributed by atoms with Gasteiger partial charge in [0.15, 0.2) is 0 Å². The molecule has 1 aliphatic heterocycles. The number of imide groups is 1. The lowest BCUT2D eigenvalue weighted by Crippen LogP contribution is -2.29. The third-order valence-electron chi connectivity index (χ3n) is 4.69. The second kappa shape index (κ2) is 7.29. The van der Waals surface area contributed by atoms with Crippen molar-refractivity contribution in [1.82, 2.24) is 0 Å². The van der Waals surface area contributed by atoms with Gasteiger partial charge in [-0.25, -0.2) is 4.90 Å². The highest BCUT2D eigenvalue weighted by Gasteiger charge is 2.36. The van der Waals surface area contributed by atoms with Gasteiger partial charge in [0.05, 0.1) is 16.8 Å². The second-order valence-corrected chi connectivity index (χ2v) is 7.93. The number of nitrogens with zero attached hydrogens (tertiary/aromatic N) is 1. The van der Waals surface area contributed by atoms with Crippen LogP contribution in [0.5, 0.6) is 0 Å². The van der Waals surface area contributed by atoms with Crippen molar-refractivity contribution in [3.8, 4) is 0 Å². The summed E-state index contributed by atoms with van der Waals surface area (Å²) in [6, 6.07) is 17.3. The van der Waals surface area contributed by atoms with Crippen LogP contribution < -0.4 is 10.2 Å². The zero-order valence-corrected chi connectivity index (χ0v) is 17.4. The predicted molar refractivity (Wildman–Crippen MR) is 116 cm³/mol. The lowest BCUT2D eigenvalue weighted by molar-refractivity contribution is 0.0924. The third kappa shape index (κ3) is 3.59. The highest BCUT2D eigenvalue weighted by Crippen LogP contribution is 2.30. The van der Waals surface area contributed by atoms with E-state index >= 15 is 0 Å². The number of carbonyl (C=O) groups excluding carboxylic acids is 3. The lowest BCUT2D eigenvalue weighted by atomic mass is 10.1. The molecule has 6 heteroatoms. The van der Waals surface area contributed by atoms with Crippen LogP contribution in [-0.2, 0) is 0 Å². The molecule has 144 valence electrons. The molecule has 29 heavy (non-hydrogen) atoms. The highest BCUT2D eigenvalue weighted by molar-refractivity contribution is 9.10. The number of nitrogens with one attached hydrogen (secondary N) is 1. The molecular weight excluding hydrogens is 432 g/mol. The van der Waals surface area contributed by atoms with Gasteiger partial charge in [-0.1, -0.05) is 28.1 Å². The molecule has 0 radical (unpaired) electrons. The van der Waals surface area contributed by atoms with Gasteiger partial charge in [-0.3, -0.25) is 14.4 Å². The number of aryl methyl sites for hydroxylation is 2. The molecule has 4 rings (SSSR count). The molecule has 0 unspecified atom stereocenters. The smallest absolute Gasteiger partial charge is 0.266 e. The summed E-state index contributed by atoms with van der Waals surface area (Å²) in [7, 11) is 0. The summed E-state index contributed by atoms with van der Waals surface area (Å²) in [4.78, 5) is 39.4. The van der Waals surface area contributed by atoms with Crippen molar-refractivity contribution in [3.05, 3.63) is 93.0 Å². The van der Waals surface area contributed by atoms with Crippen molar-refractivity contribution >= 4 is 45.0 Å². The number of rotatable bonds is 3. The maximum atomic E-state index is 12.8. The molecule has 0 bridgehead atoms. The lowest BCUT2D eigenvalue weighted by Gasteiger charge is -2.15. The standard InChI is InChI=1S/C23H17BrN2O3/c1-13-8-14(2)10-17(9-13)25-21(27)15-4-3-5-18(11-15)26-22(28)19-7-6-16(24)12-20(19)23(26)29/h3-12H,1-2H3,(H,25,27). The highest BCUT2D eigenvalue weighted by atomic mass is 79.9. The fourth-order valence-corrected chi connectivity index (χ4v) is 3.84. The molecule has 0 atom stereocenters. The molecule has 3 aromatic rings. The molecule has 5 nitrogen and oxygen atoms in total. The fourth-order valence-electron chi connectivity index (χ4n) is 3.48. The summed E-state index contributed by atoms with van der Waals surface area (Å²) in [5.41, 5.74) is 4.21. The monoisotopic (exact) mass is 448 g/mol. The van der Waals surface area contributed by atoms with Gasteiger partial charge in [-0.2, -0.15) is 0 Å². The Labute approximate surface area is 176 Å². The van der Waals surface area contributed by atoms with Crippen LogP contribution in [0.1, 0.15) is 42.2 Å². The minimum Gasteiger partial charge on any atom is -0.322 e. The van der Waals surface area contributed by atoms with Crippen LogP contribution in [0.2, 0.25) is 0 Å². The van der Waals surface area contributed by atoms with E-state index in [9.17, 15) is 14.4 Å². The van der Waals surface area contributed by atoms with Crippen molar-refractivity contribution in [2.45, 2.75) is 13.8 Å². The molecule has 1 heterocycles. The summed E-state index contributed by atoms with van der Waals surface area (Å²) in [6.07, 6.45) is 0.